The number of aryl methyl sites for hydroxylation is 1. The lowest BCUT2D eigenvalue weighted by Crippen LogP contribution is -1.96. The normalized spacial score (nSPS) is 10.2. The largest absolute Gasteiger partial charge is 0.369 e. The molecule has 0 spiro atoms. The van der Waals surface area contributed by atoms with Gasteiger partial charge in [0.05, 0.1) is 23.9 Å². The quantitative estimate of drug-likeness (QED) is 0.844. The van der Waals surface area contributed by atoms with E-state index in [0.717, 1.165) is 17.2 Å². The van der Waals surface area contributed by atoms with Crippen molar-refractivity contribution >= 4 is 27.9 Å². The lowest BCUT2D eigenvalue weighted by molar-refractivity contribution is 1.12. The van der Waals surface area contributed by atoms with Crippen LogP contribution in [0.5, 0.6) is 0 Å². The molecule has 0 saturated carbocycles. The molecular formula is C7H8N4S2. The van der Waals surface area contributed by atoms with Crippen LogP contribution < -0.4 is 5.32 Å². The molecule has 13 heavy (non-hydrogen) atoms. The molecule has 6 heteroatoms. The van der Waals surface area contributed by atoms with E-state index in [4.69, 9.17) is 0 Å². The predicted molar refractivity (Wildman–Crippen MR) is 54.1 cm³/mol. The fourth-order valence-electron chi connectivity index (χ4n) is 0.908. The van der Waals surface area contributed by atoms with E-state index in [-0.39, 0.29) is 0 Å². The summed E-state index contributed by atoms with van der Waals surface area (Å²) >= 11 is 3.02. The van der Waals surface area contributed by atoms with Crippen molar-refractivity contribution in [3.8, 4) is 0 Å². The highest BCUT2D eigenvalue weighted by Crippen LogP contribution is 2.16. The van der Waals surface area contributed by atoms with Gasteiger partial charge in [0, 0.05) is 16.4 Å². The van der Waals surface area contributed by atoms with E-state index in [1.165, 1.54) is 16.4 Å². The first-order chi connectivity index (χ1) is 6.36. The summed E-state index contributed by atoms with van der Waals surface area (Å²) in [4.78, 5) is 5.43. The van der Waals surface area contributed by atoms with Crippen molar-refractivity contribution < 1.29 is 0 Å². The maximum absolute atomic E-state index is 4.17. The minimum Gasteiger partial charge on any atom is -0.369 e. The number of hydrogen-bond donors (Lipinski definition) is 1. The molecule has 0 amide bonds. The van der Waals surface area contributed by atoms with Crippen LogP contribution in [0.25, 0.3) is 0 Å². The van der Waals surface area contributed by atoms with E-state index < -0.39 is 0 Å². The Hall–Kier alpha value is -1.01. The summed E-state index contributed by atoms with van der Waals surface area (Å²) in [6.45, 7) is 2.82. The molecule has 0 unspecified atom stereocenters. The third kappa shape index (κ3) is 2.02. The zero-order chi connectivity index (χ0) is 9.10. The van der Waals surface area contributed by atoms with Crippen molar-refractivity contribution in [3.63, 3.8) is 0 Å². The van der Waals surface area contributed by atoms with Crippen molar-refractivity contribution in [1.29, 1.82) is 0 Å². The van der Waals surface area contributed by atoms with Gasteiger partial charge in [-0.25, -0.2) is 4.98 Å². The monoisotopic (exact) mass is 212 g/mol. The third-order valence-electron chi connectivity index (χ3n) is 1.63. The molecule has 0 saturated heterocycles. The van der Waals surface area contributed by atoms with E-state index in [2.05, 4.69) is 19.9 Å². The van der Waals surface area contributed by atoms with Gasteiger partial charge in [-0.05, 0) is 6.92 Å². The Morgan fingerprint density at radius 3 is 3.08 bits per heavy atom. The second kappa shape index (κ2) is 3.80. The first-order valence-corrected chi connectivity index (χ1v) is 5.42. The number of thiazole rings is 1. The smallest absolute Gasteiger partial charge is 0.130 e. The number of anilines is 1. The van der Waals surface area contributed by atoms with Crippen LogP contribution in [-0.4, -0.2) is 14.6 Å². The third-order valence-corrected chi connectivity index (χ3v) is 3.19. The van der Waals surface area contributed by atoms with Gasteiger partial charge >= 0.3 is 0 Å². The zero-order valence-electron chi connectivity index (χ0n) is 7.02. The first-order valence-electron chi connectivity index (χ1n) is 3.76. The Morgan fingerprint density at radius 2 is 2.46 bits per heavy atom. The molecule has 68 valence electrons. The molecule has 4 nitrogen and oxygen atoms in total. The van der Waals surface area contributed by atoms with Gasteiger partial charge in [0.2, 0.25) is 0 Å². The van der Waals surface area contributed by atoms with Crippen molar-refractivity contribution in [1.82, 2.24) is 14.6 Å². The summed E-state index contributed by atoms with van der Waals surface area (Å²) in [7, 11) is 0. The van der Waals surface area contributed by atoms with Gasteiger partial charge in [0.25, 0.3) is 0 Å². The summed E-state index contributed by atoms with van der Waals surface area (Å²) in [6.07, 6.45) is 1.72. The highest BCUT2D eigenvalue weighted by atomic mass is 32.1. The predicted octanol–water partition coefficient (Wildman–Crippen LogP) is 1.92. The maximum Gasteiger partial charge on any atom is 0.130 e. The van der Waals surface area contributed by atoms with Crippen LogP contribution in [-0.2, 0) is 6.54 Å². The molecule has 0 radical (unpaired) electrons. The van der Waals surface area contributed by atoms with E-state index >= 15 is 0 Å². The highest BCUT2D eigenvalue weighted by molar-refractivity contribution is 7.10. The Labute approximate surface area is 83.8 Å². The Kier molecular flexibility index (Phi) is 2.51. The number of hydrogen-bond acceptors (Lipinski definition) is 6. The summed E-state index contributed by atoms with van der Waals surface area (Å²) in [6, 6.07) is 0. The molecule has 0 fully saturated rings. The zero-order valence-corrected chi connectivity index (χ0v) is 8.65. The molecule has 0 aliphatic rings. The van der Waals surface area contributed by atoms with Gasteiger partial charge in [-0.15, -0.1) is 16.4 Å². The maximum atomic E-state index is 4.17. The molecule has 0 bridgehead atoms. The molecule has 2 aromatic heterocycles. The standard InChI is InChI=1S/C7H8N4S2/c1-5-6(12-4-9-5)2-8-7-3-10-11-13-7/h3-4,8H,2H2,1H3. The van der Waals surface area contributed by atoms with Crippen LogP contribution in [0.3, 0.4) is 0 Å². The lowest BCUT2D eigenvalue weighted by atomic mass is 10.4. The molecule has 2 heterocycles. The van der Waals surface area contributed by atoms with Crippen LogP contribution in [0.2, 0.25) is 0 Å². The van der Waals surface area contributed by atoms with E-state index in [1.54, 1.807) is 17.5 Å². The van der Waals surface area contributed by atoms with Gasteiger partial charge in [-0.3, -0.25) is 0 Å². The molecule has 0 atom stereocenters. The van der Waals surface area contributed by atoms with Crippen LogP contribution in [0.1, 0.15) is 10.6 Å². The van der Waals surface area contributed by atoms with Crippen LogP contribution in [0.4, 0.5) is 5.00 Å². The number of nitrogens with zero attached hydrogens (tertiary/aromatic N) is 3. The average Bonchev–Trinajstić information content (AvgIpc) is 2.72. The Bertz CT molecular complexity index is 368. The number of aromatic nitrogens is 3. The molecule has 1 N–H and O–H groups in total. The highest BCUT2D eigenvalue weighted by Gasteiger charge is 2.01. The minimum absolute atomic E-state index is 0.806. The second-order valence-corrected chi connectivity index (χ2v) is 4.22. The average molecular weight is 212 g/mol. The fourth-order valence-corrected chi connectivity index (χ4v) is 2.04. The fraction of sp³-hybridized carbons (Fsp3) is 0.286. The van der Waals surface area contributed by atoms with E-state index in [0.29, 0.717) is 0 Å². The van der Waals surface area contributed by atoms with Crippen molar-refractivity contribution in [3.05, 3.63) is 22.3 Å². The van der Waals surface area contributed by atoms with Gasteiger partial charge in [0.1, 0.15) is 5.00 Å². The molecule has 0 aromatic carbocycles. The van der Waals surface area contributed by atoms with Gasteiger partial charge in [-0.2, -0.15) is 0 Å². The summed E-state index contributed by atoms with van der Waals surface area (Å²) in [5.41, 5.74) is 2.95. The van der Waals surface area contributed by atoms with Crippen molar-refractivity contribution in [2.75, 3.05) is 5.32 Å². The van der Waals surface area contributed by atoms with Crippen LogP contribution in [0.15, 0.2) is 11.7 Å². The van der Waals surface area contributed by atoms with Gasteiger partial charge in [-0.1, -0.05) is 4.49 Å². The van der Waals surface area contributed by atoms with Crippen molar-refractivity contribution in [2.45, 2.75) is 13.5 Å². The summed E-state index contributed by atoms with van der Waals surface area (Å²) in [5.74, 6) is 0. The first kappa shape index (κ1) is 8.58. The van der Waals surface area contributed by atoms with Gasteiger partial charge < -0.3 is 5.32 Å². The van der Waals surface area contributed by atoms with E-state index in [9.17, 15) is 0 Å². The van der Waals surface area contributed by atoms with Crippen LogP contribution >= 0.6 is 22.9 Å². The number of nitrogens with one attached hydrogen (secondary N) is 1. The van der Waals surface area contributed by atoms with E-state index in [1.807, 2.05) is 12.4 Å². The van der Waals surface area contributed by atoms with Gasteiger partial charge in [0.15, 0.2) is 0 Å². The Balaban J connectivity index is 1.97. The van der Waals surface area contributed by atoms with Crippen LogP contribution in [0, 0.1) is 6.92 Å². The van der Waals surface area contributed by atoms with Crippen molar-refractivity contribution in [2.24, 2.45) is 0 Å². The molecule has 0 aliphatic carbocycles. The number of rotatable bonds is 3. The SMILES string of the molecule is Cc1ncsc1CNc1cnns1. The summed E-state index contributed by atoms with van der Waals surface area (Å²) < 4.78 is 3.76. The molecular weight excluding hydrogens is 204 g/mol. The molecule has 2 rings (SSSR count). The Morgan fingerprint density at radius 1 is 1.54 bits per heavy atom. The summed E-state index contributed by atoms with van der Waals surface area (Å²) in [5, 5.41) is 7.96. The molecule has 0 aliphatic heterocycles. The second-order valence-electron chi connectivity index (χ2n) is 2.50. The lowest BCUT2D eigenvalue weighted by Gasteiger charge is -1.99. The minimum atomic E-state index is 0.806. The topological polar surface area (TPSA) is 50.7 Å². The molecule has 2 aromatic rings.